The van der Waals surface area contributed by atoms with Gasteiger partial charge in [0.1, 0.15) is 6.10 Å². The normalized spacial score (nSPS) is 28.5. The molecule has 1 aliphatic rings. The molecule has 0 aromatic carbocycles. The molecular weight excluding hydrogens is 136 g/mol. The predicted octanol–water partition coefficient (Wildman–Crippen LogP) is 2.91. The molecule has 0 spiro atoms. The second kappa shape index (κ2) is 4.55. The molecule has 0 radical (unpaired) electrons. The molecule has 0 aromatic rings. The van der Waals surface area contributed by atoms with Gasteiger partial charge in [0.2, 0.25) is 0 Å². The van der Waals surface area contributed by atoms with Crippen LogP contribution < -0.4 is 0 Å². The van der Waals surface area contributed by atoms with Gasteiger partial charge in [0.25, 0.3) is 0 Å². The van der Waals surface area contributed by atoms with Crippen LogP contribution >= 0.6 is 0 Å². The van der Waals surface area contributed by atoms with Gasteiger partial charge in [-0.05, 0) is 6.42 Å². The highest BCUT2D eigenvalue weighted by Crippen LogP contribution is 2.27. The van der Waals surface area contributed by atoms with Crippen molar-refractivity contribution in [1.29, 1.82) is 0 Å². The maximum atomic E-state index is 5.33. The van der Waals surface area contributed by atoms with Gasteiger partial charge >= 0.3 is 0 Å². The van der Waals surface area contributed by atoms with E-state index in [1.165, 1.54) is 32.1 Å². The summed E-state index contributed by atoms with van der Waals surface area (Å²) in [6, 6.07) is 0. The lowest BCUT2D eigenvalue weighted by molar-refractivity contribution is 0.373. The molecule has 1 nitrogen and oxygen atoms in total. The second-order valence-corrected chi connectivity index (χ2v) is 3.22. The largest absolute Gasteiger partial charge is 0.365 e. The summed E-state index contributed by atoms with van der Waals surface area (Å²) in [5.74, 6) is 0. The van der Waals surface area contributed by atoms with E-state index in [2.05, 4.69) is 13.5 Å². The van der Waals surface area contributed by atoms with Crippen LogP contribution in [0, 0.1) is 0 Å². The second-order valence-electron chi connectivity index (χ2n) is 3.22. The summed E-state index contributed by atoms with van der Waals surface area (Å²) in [7, 11) is 0. The van der Waals surface area contributed by atoms with Crippen molar-refractivity contribution in [3.63, 3.8) is 0 Å². The van der Waals surface area contributed by atoms with Crippen LogP contribution in [0.4, 0.5) is 0 Å². The molecule has 11 heavy (non-hydrogen) atoms. The highest BCUT2D eigenvalue weighted by molar-refractivity contribution is 4.97. The van der Waals surface area contributed by atoms with E-state index in [9.17, 15) is 0 Å². The fraction of sp³-hybridized carbons (Fsp3) is 0.800. The van der Waals surface area contributed by atoms with E-state index in [1.807, 2.05) is 6.08 Å². The molecule has 0 aromatic heterocycles. The summed E-state index contributed by atoms with van der Waals surface area (Å²) in [4.78, 5) is 0. The molecule has 1 fully saturated rings. The van der Waals surface area contributed by atoms with Gasteiger partial charge in [-0.1, -0.05) is 38.7 Å². The Kier molecular flexibility index (Phi) is 3.64. The number of epoxide rings is 1. The zero-order chi connectivity index (χ0) is 8.10. The lowest BCUT2D eigenvalue weighted by Gasteiger charge is -1.94. The Morgan fingerprint density at radius 1 is 1.36 bits per heavy atom. The molecule has 0 unspecified atom stereocenters. The smallest absolute Gasteiger partial charge is 0.102 e. The molecule has 0 amide bonds. The van der Waals surface area contributed by atoms with Gasteiger partial charge in [-0.15, -0.1) is 6.58 Å². The van der Waals surface area contributed by atoms with Crippen LogP contribution in [0.25, 0.3) is 0 Å². The van der Waals surface area contributed by atoms with Crippen LogP contribution in [0.15, 0.2) is 12.7 Å². The van der Waals surface area contributed by atoms with E-state index in [1.54, 1.807) is 0 Å². The summed E-state index contributed by atoms with van der Waals surface area (Å²) in [6.45, 7) is 5.93. The first kappa shape index (κ1) is 8.79. The molecule has 64 valence electrons. The first-order valence-corrected chi connectivity index (χ1v) is 4.66. The van der Waals surface area contributed by atoms with Gasteiger partial charge in [0.05, 0.1) is 6.10 Å². The highest BCUT2D eigenvalue weighted by atomic mass is 16.6. The Bertz CT molecular complexity index is 120. The molecule has 1 heterocycles. The summed E-state index contributed by atoms with van der Waals surface area (Å²) < 4.78 is 5.33. The molecule has 1 heteroatoms. The zero-order valence-corrected chi connectivity index (χ0v) is 7.38. The third-order valence-electron chi connectivity index (χ3n) is 2.20. The zero-order valence-electron chi connectivity index (χ0n) is 7.38. The fourth-order valence-corrected chi connectivity index (χ4v) is 1.37. The molecule has 0 saturated carbocycles. The van der Waals surface area contributed by atoms with Crippen LogP contribution in [0.1, 0.15) is 39.0 Å². The third kappa shape index (κ3) is 3.06. The maximum Gasteiger partial charge on any atom is 0.102 e. The van der Waals surface area contributed by atoms with Crippen molar-refractivity contribution in [3.8, 4) is 0 Å². The number of hydrogen-bond acceptors (Lipinski definition) is 1. The quantitative estimate of drug-likeness (QED) is 0.325. The first-order valence-electron chi connectivity index (χ1n) is 4.66. The Morgan fingerprint density at radius 3 is 2.73 bits per heavy atom. The van der Waals surface area contributed by atoms with Crippen molar-refractivity contribution < 1.29 is 4.74 Å². The van der Waals surface area contributed by atoms with E-state index < -0.39 is 0 Å². The Morgan fingerprint density at radius 2 is 2.18 bits per heavy atom. The number of ether oxygens (including phenoxy) is 1. The van der Waals surface area contributed by atoms with Crippen molar-refractivity contribution in [2.24, 2.45) is 0 Å². The van der Waals surface area contributed by atoms with Crippen LogP contribution in [0.5, 0.6) is 0 Å². The minimum atomic E-state index is 0.386. The van der Waals surface area contributed by atoms with Gasteiger partial charge in [-0.3, -0.25) is 0 Å². The van der Waals surface area contributed by atoms with Gasteiger partial charge < -0.3 is 4.74 Å². The fourth-order valence-electron chi connectivity index (χ4n) is 1.37. The number of unbranched alkanes of at least 4 members (excludes halogenated alkanes) is 3. The lowest BCUT2D eigenvalue weighted by Crippen LogP contribution is -1.89. The Labute approximate surface area is 69.4 Å². The maximum absolute atomic E-state index is 5.33. The number of rotatable bonds is 6. The predicted molar refractivity (Wildman–Crippen MR) is 47.6 cm³/mol. The summed E-state index contributed by atoms with van der Waals surface area (Å²) in [5.41, 5.74) is 0. The van der Waals surface area contributed by atoms with Crippen LogP contribution in [-0.4, -0.2) is 12.2 Å². The average molecular weight is 154 g/mol. The third-order valence-corrected chi connectivity index (χ3v) is 2.20. The molecule has 1 saturated heterocycles. The van der Waals surface area contributed by atoms with Crippen molar-refractivity contribution in [3.05, 3.63) is 12.7 Å². The SMILES string of the molecule is C=C[C@H]1O[C@H]1CCCCCC. The van der Waals surface area contributed by atoms with Crippen molar-refractivity contribution in [2.75, 3.05) is 0 Å². The van der Waals surface area contributed by atoms with Crippen molar-refractivity contribution >= 4 is 0 Å². The van der Waals surface area contributed by atoms with Crippen molar-refractivity contribution in [1.82, 2.24) is 0 Å². The monoisotopic (exact) mass is 154 g/mol. The molecule has 2 atom stereocenters. The van der Waals surface area contributed by atoms with Gasteiger partial charge in [-0.2, -0.15) is 0 Å². The van der Waals surface area contributed by atoms with E-state index in [4.69, 9.17) is 4.74 Å². The minimum absolute atomic E-state index is 0.386. The molecule has 0 aliphatic carbocycles. The topological polar surface area (TPSA) is 12.5 Å². The highest BCUT2D eigenvalue weighted by Gasteiger charge is 2.34. The van der Waals surface area contributed by atoms with Crippen molar-refractivity contribution in [2.45, 2.75) is 51.2 Å². The number of hydrogen-bond donors (Lipinski definition) is 0. The van der Waals surface area contributed by atoms with Crippen LogP contribution in [0.2, 0.25) is 0 Å². The van der Waals surface area contributed by atoms with Gasteiger partial charge in [0.15, 0.2) is 0 Å². The van der Waals surface area contributed by atoms with Crippen LogP contribution in [0.3, 0.4) is 0 Å². The molecule has 0 bridgehead atoms. The standard InChI is InChI=1S/C10H18O/c1-3-5-6-7-8-10-9(4-2)11-10/h4,9-10H,2-3,5-8H2,1H3/t9-,10+/m1/s1. The summed E-state index contributed by atoms with van der Waals surface area (Å²) >= 11 is 0. The summed E-state index contributed by atoms with van der Waals surface area (Å²) in [6.07, 6.45) is 9.41. The van der Waals surface area contributed by atoms with E-state index in [0.29, 0.717) is 12.2 Å². The average Bonchev–Trinajstić information content (AvgIpc) is 2.77. The lowest BCUT2D eigenvalue weighted by atomic mass is 10.1. The Hall–Kier alpha value is -0.300. The molecular formula is C10H18O. The van der Waals surface area contributed by atoms with E-state index in [-0.39, 0.29) is 0 Å². The van der Waals surface area contributed by atoms with Gasteiger partial charge in [-0.25, -0.2) is 0 Å². The molecule has 0 N–H and O–H groups in total. The van der Waals surface area contributed by atoms with Crippen LogP contribution in [-0.2, 0) is 4.74 Å². The molecule has 1 aliphatic heterocycles. The van der Waals surface area contributed by atoms with Gasteiger partial charge in [0, 0.05) is 0 Å². The van der Waals surface area contributed by atoms with E-state index in [0.717, 1.165) is 0 Å². The first-order chi connectivity index (χ1) is 5.38. The minimum Gasteiger partial charge on any atom is -0.365 e. The summed E-state index contributed by atoms with van der Waals surface area (Å²) in [5, 5.41) is 0. The molecule has 1 rings (SSSR count). The van der Waals surface area contributed by atoms with E-state index >= 15 is 0 Å². The Balaban J connectivity index is 1.85.